The Morgan fingerprint density at radius 2 is 1.89 bits per heavy atom. The molecule has 1 aromatic heterocycles. The number of hydrogen-bond acceptors (Lipinski definition) is 1. The first-order valence-corrected chi connectivity index (χ1v) is 9.69. The summed E-state index contributed by atoms with van der Waals surface area (Å²) in [7, 11) is 0.0580. The first-order chi connectivity index (χ1) is 8.37. The third-order valence-electron chi connectivity index (χ3n) is 3.29. The molecular weight excluding hydrogens is 255 g/mol. The van der Waals surface area contributed by atoms with Gasteiger partial charge in [-0.2, -0.15) is 0 Å². The van der Waals surface area contributed by atoms with Crippen LogP contribution in [0.2, 0.25) is 0 Å². The Hall–Kier alpha value is -0.390. The van der Waals surface area contributed by atoms with E-state index in [0.29, 0.717) is 5.41 Å². The number of thiophene rings is 1. The fourth-order valence-corrected chi connectivity index (χ4v) is 4.81. The molecule has 2 heteroatoms. The van der Waals surface area contributed by atoms with Gasteiger partial charge in [0.1, 0.15) is 0 Å². The second-order valence-corrected chi connectivity index (χ2v) is 9.96. The molecule has 1 atom stereocenters. The molecule has 98 valence electrons. The lowest BCUT2D eigenvalue weighted by molar-refractivity contribution is 0.373. The highest BCUT2D eigenvalue weighted by Gasteiger charge is 2.22. The molecular formula is C16H23PS. The standard InChI is InChI=1S/C16H23PS/c1-16(2,3)11-14(17(4)5)12-6-7-15-13(10-12)8-9-18-15/h6-10,14H,11H2,1-5H3. The maximum atomic E-state index is 2.41. The van der Waals surface area contributed by atoms with Crippen LogP contribution in [0.4, 0.5) is 0 Å². The van der Waals surface area contributed by atoms with Crippen LogP contribution in [-0.4, -0.2) is 13.3 Å². The molecule has 1 unspecified atom stereocenters. The summed E-state index contributed by atoms with van der Waals surface area (Å²) >= 11 is 1.83. The summed E-state index contributed by atoms with van der Waals surface area (Å²) in [6, 6.07) is 9.29. The van der Waals surface area contributed by atoms with Crippen LogP contribution in [0.1, 0.15) is 38.4 Å². The molecule has 0 aliphatic heterocycles. The fourth-order valence-electron chi connectivity index (χ4n) is 2.37. The molecule has 0 saturated carbocycles. The molecule has 0 aliphatic carbocycles. The lowest BCUT2D eigenvalue weighted by Crippen LogP contribution is -2.11. The first kappa shape index (κ1) is 14.0. The molecule has 0 spiro atoms. The maximum absolute atomic E-state index is 2.41. The van der Waals surface area contributed by atoms with Crippen LogP contribution in [0, 0.1) is 5.41 Å². The van der Waals surface area contributed by atoms with Gasteiger partial charge in [0.15, 0.2) is 0 Å². The van der Waals surface area contributed by atoms with Crippen molar-refractivity contribution in [3.63, 3.8) is 0 Å². The summed E-state index contributed by atoms with van der Waals surface area (Å²) in [6.45, 7) is 11.9. The summed E-state index contributed by atoms with van der Waals surface area (Å²) in [5.41, 5.74) is 2.66. The number of fused-ring (bicyclic) bond motifs is 1. The van der Waals surface area contributed by atoms with Crippen LogP contribution in [-0.2, 0) is 0 Å². The molecule has 1 heterocycles. The molecule has 18 heavy (non-hydrogen) atoms. The van der Waals surface area contributed by atoms with E-state index >= 15 is 0 Å². The van der Waals surface area contributed by atoms with Crippen molar-refractivity contribution in [2.45, 2.75) is 32.9 Å². The Morgan fingerprint density at radius 3 is 2.50 bits per heavy atom. The van der Waals surface area contributed by atoms with Crippen molar-refractivity contribution in [2.75, 3.05) is 13.3 Å². The molecule has 2 aromatic rings. The van der Waals surface area contributed by atoms with Crippen molar-refractivity contribution in [2.24, 2.45) is 5.41 Å². The summed E-state index contributed by atoms with van der Waals surface area (Å²) in [5.74, 6) is 0. The number of benzene rings is 1. The van der Waals surface area contributed by atoms with E-state index in [2.05, 4.69) is 63.7 Å². The molecule has 0 fully saturated rings. The highest BCUT2D eigenvalue weighted by molar-refractivity contribution is 7.56. The smallest absolute Gasteiger partial charge is 0.0342 e. The second kappa shape index (κ2) is 5.31. The summed E-state index contributed by atoms with van der Waals surface area (Å²) in [5, 5.41) is 3.60. The van der Waals surface area contributed by atoms with Gasteiger partial charge >= 0.3 is 0 Å². The quantitative estimate of drug-likeness (QED) is 0.593. The van der Waals surface area contributed by atoms with Crippen LogP contribution in [0.25, 0.3) is 10.1 Å². The van der Waals surface area contributed by atoms with Crippen LogP contribution in [0.3, 0.4) is 0 Å². The maximum Gasteiger partial charge on any atom is 0.0342 e. The molecule has 0 saturated heterocycles. The van der Waals surface area contributed by atoms with Gasteiger partial charge in [0.05, 0.1) is 0 Å². The highest BCUT2D eigenvalue weighted by atomic mass is 32.1. The van der Waals surface area contributed by atoms with Crippen molar-refractivity contribution in [3.05, 3.63) is 35.2 Å². The molecule has 0 radical (unpaired) electrons. The van der Waals surface area contributed by atoms with Crippen molar-refractivity contribution in [3.8, 4) is 0 Å². The van der Waals surface area contributed by atoms with Crippen LogP contribution < -0.4 is 0 Å². The van der Waals surface area contributed by atoms with E-state index in [1.54, 1.807) is 0 Å². The monoisotopic (exact) mass is 278 g/mol. The van der Waals surface area contributed by atoms with Gasteiger partial charge in [0.25, 0.3) is 0 Å². The van der Waals surface area contributed by atoms with Gasteiger partial charge in [-0.15, -0.1) is 19.3 Å². The van der Waals surface area contributed by atoms with E-state index in [-0.39, 0.29) is 7.92 Å². The first-order valence-electron chi connectivity index (χ1n) is 6.50. The largest absolute Gasteiger partial charge is 0.144 e. The minimum atomic E-state index is 0.0580. The Morgan fingerprint density at radius 1 is 1.17 bits per heavy atom. The summed E-state index contributed by atoms with van der Waals surface area (Å²) in [6.07, 6.45) is 1.28. The Balaban J connectivity index is 2.35. The van der Waals surface area contributed by atoms with Gasteiger partial charge in [-0.1, -0.05) is 26.8 Å². The van der Waals surface area contributed by atoms with E-state index in [4.69, 9.17) is 0 Å². The predicted octanol–water partition coefficient (Wildman–Crippen LogP) is 6.12. The van der Waals surface area contributed by atoms with Crippen molar-refractivity contribution >= 4 is 29.3 Å². The van der Waals surface area contributed by atoms with Crippen LogP contribution in [0.15, 0.2) is 29.6 Å². The highest BCUT2D eigenvalue weighted by Crippen LogP contribution is 2.51. The number of hydrogen-bond donors (Lipinski definition) is 0. The molecule has 1 aromatic carbocycles. The predicted molar refractivity (Wildman–Crippen MR) is 87.4 cm³/mol. The van der Waals surface area contributed by atoms with Crippen LogP contribution in [0.5, 0.6) is 0 Å². The van der Waals surface area contributed by atoms with E-state index in [1.807, 2.05) is 11.3 Å². The van der Waals surface area contributed by atoms with Crippen molar-refractivity contribution in [1.82, 2.24) is 0 Å². The SMILES string of the molecule is CP(C)C(CC(C)(C)C)c1ccc2sccc2c1. The van der Waals surface area contributed by atoms with Gasteiger partial charge in [0.2, 0.25) is 0 Å². The van der Waals surface area contributed by atoms with Gasteiger partial charge in [-0.3, -0.25) is 0 Å². The van der Waals surface area contributed by atoms with E-state index in [9.17, 15) is 0 Å². The van der Waals surface area contributed by atoms with Crippen molar-refractivity contribution < 1.29 is 0 Å². The fraction of sp³-hybridized carbons (Fsp3) is 0.500. The zero-order valence-corrected chi connectivity index (χ0v) is 13.7. The summed E-state index contributed by atoms with van der Waals surface area (Å²) < 4.78 is 1.41. The third kappa shape index (κ3) is 3.33. The second-order valence-electron chi connectivity index (χ2n) is 6.46. The Bertz CT molecular complexity index is 519. The summed E-state index contributed by atoms with van der Waals surface area (Å²) in [4.78, 5) is 0. The lowest BCUT2D eigenvalue weighted by atomic mass is 9.88. The molecule has 0 bridgehead atoms. The zero-order valence-electron chi connectivity index (χ0n) is 12.0. The molecule has 2 rings (SSSR count). The molecule has 0 N–H and O–H groups in total. The lowest BCUT2D eigenvalue weighted by Gasteiger charge is -2.29. The molecule has 0 nitrogen and oxygen atoms in total. The topological polar surface area (TPSA) is 0 Å². The zero-order chi connectivity index (χ0) is 13.3. The third-order valence-corrected chi connectivity index (χ3v) is 5.92. The van der Waals surface area contributed by atoms with Gasteiger partial charge < -0.3 is 0 Å². The van der Waals surface area contributed by atoms with Gasteiger partial charge in [0, 0.05) is 10.4 Å². The number of rotatable bonds is 3. The van der Waals surface area contributed by atoms with Crippen molar-refractivity contribution in [1.29, 1.82) is 0 Å². The Labute approximate surface area is 116 Å². The van der Waals surface area contributed by atoms with Crippen LogP contribution >= 0.6 is 19.3 Å². The average molecular weight is 278 g/mol. The average Bonchev–Trinajstić information content (AvgIpc) is 2.71. The van der Waals surface area contributed by atoms with E-state index < -0.39 is 0 Å². The van der Waals surface area contributed by atoms with E-state index in [0.717, 1.165) is 5.66 Å². The van der Waals surface area contributed by atoms with E-state index in [1.165, 1.54) is 22.1 Å². The van der Waals surface area contributed by atoms with Gasteiger partial charge in [-0.05, 0) is 59.7 Å². The minimum Gasteiger partial charge on any atom is -0.144 e. The molecule has 0 amide bonds. The normalized spacial score (nSPS) is 14.3. The Kier molecular flexibility index (Phi) is 4.14. The molecule has 0 aliphatic rings. The van der Waals surface area contributed by atoms with Gasteiger partial charge in [-0.25, -0.2) is 0 Å². The minimum absolute atomic E-state index is 0.0580.